The molecule has 0 atom stereocenters. The fraction of sp³-hybridized carbons (Fsp3) is 0.364. The number of hydrogen-bond acceptors (Lipinski definition) is 3. The first kappa shape index (κ1) is 10.6. The van der Waals surface area contributed by atoms with Crippen molar-refractivity contribution in [2.24, 2.45) is 7.05 Å². The normalized spacial score (nSPS) is 10.6. The summed E-state index contributed by atoms with van der Waals surface area (Å²) in [7, 11) is 1.82. The highest BCUT2D eigenvalue weighted by Gasteiger charge is 2.06. The maximum atomic E-state index is 11.5. The topological polar surface area (TPSA) is 63.6 Å². The van der Waals surface area contributed by atoms with Crippen LogP contribution in [0.25, 0.3) is 11.5 Å². The molecule has 0 bridgehead atoms. The molecule has 0 spiro atoms. The molecule has 2 heterocycles. The van der Waals surface area contributed by atoms with Gasteiger partial charge < -0.3 is 4.98 Å². The van der Waals surface area contributed by atoms with Gasteiger partial charge in [0, 0.05) is 25.0 Å². The molecular formula is C11H14N4O. The lowest BCUT2D eigenvalue weighted by molar-refractivity contribution is 0.766. The van der Waals surface area contributed by atoms with Gasteiger partial charge in [0.25, 0.3) is 5.56 Å². The quantitative estimate of drug-likeness (QED) is 0.839. The Morgan fingerprint density at radius 1 is 1.50 bits per heavy atom. The molecule has 0 aromatic carbocycles. The summed E-state index contributed by atoms with van der Waals surface area (Å²) in [6.45, 7) is 2.06. The molecule has 5 nitrogen and oxygen atoms in total. The molecule has 2 aromatic heterocycles. The van der Waals surface area contributed by atoms with Gasteiger partial charge in [0.15, 0.2) is 5.82 Å². The first-order valence-corrected chi connectivity index (χ1v) is 5.29. The van der Waals surface area contributed by atoms with Crippen LogP contribution in [-0.4, -0.2) is 19.7 Å². The van der Waals surface area contributed by atoms with E-state index in [-0.39, 0.29) is 5.56 Å². The van der Waals surface area contributed by atoms with Crippen LogP contribution in [0.2, 0.25) is 0 Å². The Morgan fingerprint density at radius 2 is 2.31 bits per heavy atom. The zero-order chi connectivity index (χ0) is 11.5. The summed E-state index contributed by atoms with van der Waals surface area (Å²) in [6, 6.07) is 3.37. The zero-order valence-electron chi connectivity index (χ0n) is 9.40. The maximum absolute atomic E-state index is 11.5. The minimum absolute atomic E-state index is 0.116. The van der Waals surface area contributed by atoms with Gasteiger partial charge >= 0.3 is 0 Å². The minimum Gasteiger partial charge on any atom is -0.305 e. The standard InChI is InChI=1S/C11H14N4O/c1-3-4-8-7-10(16)14-11(13-8)9-5-6-12-15(9)2/h5-7H,3-4H2,1-2H3,(H,13,14,16). The molecule has 0 aliphatic carbocycles. The predicted molar refractivity (Wildman–Crippen MR) is 61.1 cm³/mol. The first-order valence-electron chi connectivity index (χ1n) is 5.29. The van der Waals surface area contributed by atoms with E-state index in [1.54, 1.807) is 16.9 Å². The number of H-pyrrole nitrogens is 1. The summed E-state index contributed by atoms with van der Waals surface area (Å²) in [5.41, 5.74) is 1.52. The minimum atomic E-state index is -0.116. The Kier molecular flexibility index (Phi) is 2.85. The van der Waals surface area contributed by atoms with Crippen LogP contribution in [0.3, 0.4) is 0 Å². The molecule has 1 N–H and O–H groups in total. The number of aromatic nitrogens is 4. The van der Waals surface area contributed by atoms with Crippen molar-refractivity contribution in [2.75, 3.05) is 0 Å². The van der Waals surface area contributed by atoms with E-state index in [1.165, 1.54) is 0 Å². The fourth-order valence-corrected chi connectivity index (χ4v) is 1.62. The monoisotopic (exact) mass is 218 g/mol. The van der Waals surface area contributed by atoms with Gasteiger partial charge in [-0.15, -0.1) is 0 Å². The Bertz CT molecular complexity index is 541. The molecule has 0 saturated heterocycles. The highest BCUT2D eigenvalue weighted by molar-refractivity contribution is 5.48. The van der Waals surface area contributed by atoms with Gasteiger partial charge in [-0.2, -0.15) is 5.10 Å². The highest BCUT2D eigenvalue weighted by atomic mass is 16.1. The van der Waals surface area contributed by atoms with Crippen LogP contribution in [0.1, 0.15) is 19.0 Å². The Morgan fingerprint density at radius 3 is 2.94 bits per heavy atom. The average Bonchev–Trinajstić information content (AvgIpc) is 2.64. The fourth-order valence-electron chi connectivity index (χ4n) is 1.62. The third-order valence-electron chi connectivity index (χ3n) is 2.36. The number of rotatable bonds is 3. The van der Waals surface area contributed by atoms with E-state index in [0.717, 1.165) is 24.2 Å². The van der Waals surface area contributed by atoms with Gasteiger partial charge in [0.1, 0.15) is 5.69 Å². The molecule has 0 radical (unpaired) electrons. The van der Waals surface area contributed by atoms with Crippen LogP contribution in [0.4, 0.5) is 0 Å². The van der Waals surface area contributed by atoms with Crippen LogP contribution in [-0.2, 0) is 13.5 Å². The number of nitrogens with one attached hydrogen (secondary N) is 1. The summed E-state index contributed by atoms with van der Waals surface area (Å²) in [4.78, 5) is 18.6. The van der Waals surface area contributed by atoms with Crippen molar-refractivity contribution >= 4 is 0 Å². The second-order valence-corrected chi connectivity index (χ2v) is 3.68. The largest absolute Gasteiger partial charge is 0.305 e. The van der Waals surface area contributed by atoms with Gasteiger partial charge in [0.2, 0.25) is 0 Å². The molecule has 2 aromatic rings. The predicted octanol–water partition coefficient (Wildman–Crippen LogP) is 1.12. The molecule has 0 aliphatic rings. The molecule has 84 valence electrons. The van der Waals surface area contributed by atoms with Crippen LogP contribution in [0, 0.1) is 0 Å². The average molecular weight is 218 g/mol. The van der Waals surface area contributed by atoms with Crippen molar-refractivity contribution in [3.05, 3.63) is 34.4 Å². The zero-order valence-corrected chi connectivity index (χ0v) is 9.40. The van der Waals surface area contributed by atoms with Crippen molar-refractivity contribution < 1.29 is 0 Å². The third kappa shape index (κ3) is 2.03. The van der Waals surface area contributed by atoms with E-state index >= 15 is 0 Å². The van der Waals surface area contributed by atoms with Crippen LogP contribution >= 0.6 is 0 Å². The molecule has 0 fully saturated rings. The lowest BCUT2D eigenvalue weighted by atomic mass is 10.2. The summed E-state index contributed by atoms with van der Waals surface area (Å²) < 4.78 is 1.69. The van der Waals surface area contributed by atoms with Gasteiger partial charge in [-0.05, 0) is 12.5 Å². The number of aromatic amines is 1. The van der Waals surface area contributed by atoms with E-state index in [9.17, 15) is 4.79 Å². The number of aryl methyl sites for hydroxylation is 2. The third-order valence-corrected chi connectivity index (χ3v) is 2.36. The van der Waals surface area contributed by atoms with E-state index in [1.807, 2.05) is 13.1 Å². The van der Waals surface area contributed by atoms with Crippen molar-refractivity contribution in [1.29, 1.82) is 0 Å². The van der Waals surface area contributed by atoms with Crippen LogP contribution in [0.15, 0.2) is 23.1 Å². The Labute approximate surface area is 93.2 Å². The molecule has 0 amide bonds. The molecule has 0 unspecified atom stereocenters. The molecular weight excluding hydrogens is 204 g/mol. The Balaban J connectivity index is 2.49. The molecule has 0 aliphatic heterocycles. The van der Waals surface area contributed by atoms with E-state index < -0.39 is 0 Å². The maximum Gasteiger partial charge on any atom is 0.251 e. The van der Waals surface area contributed by atoms with Crippen LogP contribution in [0.5, 0.6) is 0 Å². The molecule has 2 rings (SSSR count). The second kappa shape index (κ2) is 4.30. The summed E-state index contributed by atoms with van der Waals surface area (Å²) >= 11 is 0. The van der Waals surface area contributed by atoms with Crippen LogP contribution < -0.4 is 5.56 Å². The molecule has 5 heteroatoms. The lowest BCUT2D eigenvalue weighted by Crippen LogP contribution is -2.11. The lowest BCUT2D eigenvalue weighted by Gasteiger charge is -2.03. The smallest absolute Gasteiger partial charge is 0.251 e. The summed E-state index contributed by atoms with van der Waals surface area (Å²) in [6.07, 6.45) is 3.47. The highest BCUT2D eigenvalue weighted by Crippen LogP contribution is 2.11. The van der Waals surface area contributed by atoms with Crippen molar-refractivity contribution in [1.82, 2.24) is 19.7 Å². The molecule has 0 saturated carbocycles. The summed E-state index contributed by atoms with van der Waals surface area (Å²) in [5, 5.41) is 4.05. The van der Waals surface area contributed by atoms with E-state index in [0.29, 0.717) is 5.82 Å². The van der Waals surface area contributed by atoms with Gasteiger partial charge in [-0.25, -0.2) is 4.98 Å². The summed E-state index contributed by atoms with van der Waals surface area (Å²) in [5.74, 6) is 0.580. The first-order chi connectivity index (χ1) is 7.70. The number of hydrogen-bond donors (Lipinski definition) is 1. The SMILES string of the molecule is CCCc1cc(=O)[nH]c(-c2ccnn2C)n1. The van der Waals surface area contributed by atoms with E-state index in [2.05, 4.69) is 22.0 Å². The number of nitrogens with zero attached hydrogens (tertiary/aromatic N) is 3. The van der Waals surface area contributed by atoms with Crippen molar-refractivity contribution in [3.63, 3.8) is 0 Å². The van der Waals surface area contributed by atoms with Gasteiger partial charge in [-0.3, -0.25) is 9.48 Å². The van der Waals surface area contributed by atoms with Gasteiger partial charge in [0.05, 0.1) is 0 Å². The second-order valence-electron chi connectivity index (χ2n) is 3.68. The van der Waals surface area contributed by atoms with Crippen molar-refractivity contribution in [3.8, 4) is 11.5 Å². The van der Waals surface area contributed by atoms with Gasteiger partial charge in [-0.1, -0.05) is 13.3 Å². The van der Waals surface area contributed by atoms with Crippen molar-refractivity contribution in [2.45, 2.75) is 19.8 Å². The Hall–Kier alpha value is -1.91. The molecule has 16 heavy (non-hydrogen) atoms. The van der Waals surface area contributed by atoms with E-state index in [4.69, 9.17) is 0 Å².